The number of halogens is 3. The molecule has 2 heterocycles. The molecule has 186 valence electrons. The number of likely N-dealkylation sites (tertiary alicyclic amines) is 1. The normalized spacial score (nSPS) is 15.7. The number of amides is 3. The molecule has 2 N–H and O–H groups in total. The van der Waals surface area contributed by atoms with Crippen molar-refractivity contribution in [1.29, 1.82) is 5.26 Å². The van der Waals surface area contributed by atoms with E-state index in [1.165, 1.54) is 30.3 Å². The summed E-state index contributed by atoms with van der Waals surface area (Å²) in [6, 6.07) is 13.8. The summed E-state index contributed by atoms with van der Waals surface area (Å²) < 4.78 is 42.2. The van der Waals surface area contributed by atoms with E-state index in [-0.39, 0.29) is 30.3 Å². The first kappa shape index (κ1) is 24.7. The summed E-state index contributed by atoms with van der Waals surface area (Å²) in [6.07, 6.45) is -2.29. The number of piperidine rings is 1. The molecular formula is C24H21F3N6O3. The number of hydrogen-bond donors (Lipinski definition) is 2. The molecule has 1 aliphatic heterocycles. The monoisotopic (exact) mass is 498 g/mol. The molecule has 0 saturated carbocycles. The zero-order valence-corrected chi connectivity index (χ0v) is 18.9. The minimum atomic E-state index is -4.73. The summed E-state index contributed by atoms with van der Waals surface area (Å²) in [4.78, 5) is 30.4. The Morgan fingerprint density at radius 2 is 1.94 bits per heavy atom. The average molecular weight is 498 g/mol. The maximum absolute atomic E-state index is 12.9. The minimum absolute atomic E-state index is 0.215. The van der Waals surface area contributed by atoms with E-state index >= 15 is 0 Å². The Kier molecular flexibility index (Phi) is 7.19. The Hall–Kier alpha value is -4.40. The lowest BCUT2D eigenvalue weighted by molar-refractivity contribution is -0.159. The summed E-state index contributed by atoms with van der Waals surface area (Å²) in [7, 11) is 0. The van der Waals surface area contributed by atoms with Gasteiger partial charge in [0.25, 0.3) is 5.91 Å². The lowest BCUT2D eigenvalue weighted by Gasteiger charge is -2.35. The molecule has 36 heavy (non-hydrogen) atoms. The predicted molar refractivity (Wildman–Crippen MR) is 122 cm³/mol. The third-order valence-electron chi connectivity index (χ3n) is 5.70. The first-order chi connectivity index (χ1) is 17.2. The van der Waals surface area contributed by atoms with Gasteiger partial charge in [0.05, 0.1) is 17.7 Å². The summed E-state index contributed by atoms with van der Waals surface area (Å²) in [5.41, 5.74) is 1.48. The van der Waals surface area contributed by atoms with Gasteiger partial charge in [-0.1, -0.05) is 11.2 Å². The summed E-state index contributed by atoms with van der Waals surface area (Å²) in [6.45, 7) is 0.763. The van der Waals surface area contributed by atoms with E-state index in [4.69, 9.17) is 5.26 Å². The van der Waals surface area contributed by atoms with Gasteiger partial charge in [-0.05, 0) is 61.7 Å². The second kappa shape index (κ2) is 10.5. The topological polar surface area (TPSA) is 124 Å². The summed E-state index contributed by atoms with van der Waals surface area (Å²) in [5.74, 6) is -1.98. The van der Waals surface area contributed by atoms with E-state index < -0.39 is 12.1 Å². The fourth-order valence-corrected chi connectivity index (χ4v) is 3.88. The highest BCUT2D eigenvalue weighted by atomic mass is 19.4. The molecule has 1 aliphatic rings. The molecule has 1 unspecified atom stereocenters. The summed E-state index contributed by atoms with van der Waals surface area (Å²) in [5, 5.41) is 18.0. The second-order valence-corrected chi connectivity index (χ2v) is 8.17. The highest BCUT2D eigenvalue weighted by molar-refractivity contribution is 5.94. The zero-order chi connectivity index (χ0) is 25.7. The quantitative estimate of drug-likeness (QED) is 0.536. The maximum atomic E-state index is 12.9. The number of benzene rings is 2. The lowest BCUT2D eigenvalue weighted by Crippen LogP contribution is -2.50. The number of anilines is 1. The average Bonchev–Trinajstić information content (AvgIpc) is 3.39. The number of urea groups is 1. The Bertz CT molecular complexity index is 1280. The van der Waals surface area contributed by atoms with Crippen LogP contribution in [-0.4, -0.2) is 46.1 Å². The third kappa shape index (κ3) is 5.80. The third-order valence-corrected chi connectivity index (χ3v) is 5.70. The number of nitriles is 1. The van der Waals surface area contributed by atoms with Gasteiger partial charge < -0.3 is 20.1 Å². The number of nitrogens with zero attached hydrogens (tertiary/aromatic N) is 4. The van der Waals surface area contributed by atoms with Crippen molar-refractivity contribution < 1.29 is 27.3 Å². The number of carbonyl (C=O) groups excluding carboxylic acids is 2. The van der Waals surface area contributed by atoms with Crippen molar-refractivity contribution in [2.45, 2.75) is 31.5 Å². The minimum Gasteiger partial charge on any atom is -0.350 e. The smallest absolute Gasteiger partial charge is 0.350 e. The van der Waals surface area contributed by atoms with Gasteiger partial charge in [0.1, 0.15) is 0 Å². The van der Waals surface area contributed by atoms with Crippen molar-refractivity contribution in [3.05, 3.63) is 65.5 Å². The molecule has 4 rings (SSSR count). The van der Waals surface area contributed by atoms with Gasteiger partial charge in [0.2, 0.25) is 5.82 Å². The molecule has 1 saturated heterocycles. The molecule has 3 aromatic rings. The molecule has 1 fully saturated rings. The first-order valence-electron chi connectivity index (χ1n) is 11.1. The molecule has 0 aliphatic carbocycles. The van der Waals surface area contributed by atoms with Crippen LogP contribution < -0.4 is 10.6 Å². The number of hydrogen-bond acceptors (Lipinski definition) is 6. The molecule has 9 nitrogen and oxygen atoms in total. The first-order valence-corrected chi connectivity index (χ1v) is 11.1. The van der Waals surface area contributed by atoms with Crippen LogP contribution in [0.2, 0.25) is 0 Å². The van der Waals surface area contributed by atoms with Crippen LogP contribution in [0, 0.1) is 11.3 Å². The van der Waals surface area contributed by atoms with Gasteiger partial charge in [-0.25, -0.2) is 4.79 Å². The van der Waals surface area contributed by atoms with Gasteiger partial charge in [-0.2, -0.15) is 23.4 Å². The zero-order valence-electron chi connectivity index (χ0n) is 18.9. The fraction of sp³-hybridized carbons (Fsp3) is 0.292. The highest BCUT2D eigenvalue weighted by Gasteiger charge is 2.38. The van der Waals surface area contributed by atoms with Crippen LogP contribution in [0.3, 0.4) is 0 Å². The van der Waals surface area contributed by atoms with Crippen molar-refractivity contribution in [2.75, 3.05) is 18.4 Å². The van der Waals surface area contributed by atoms with Crippen LogP contribution in [0.15, 0.2) is 53.1 Å². The number of aromatic nitrogens is 2. The SMILES string of the molecule is N#Cc1cccc(C(=O)NCC2CCCCN2C(=O)Nc2ccc(-c3noc(C(F)(F)F)n3)cc2)c1. The van der Waals surface area contributed by atoms with Crippen LogP contribution in [0.4, 0.5) is 23.7 Å². The largest absolute Gasteiger partial charge is 0.471 e. The molecule has 12 heteroatoms. The Balaban J connectivity index is 1.37. The molecule has 0 spiro atoms. The van der Waals surface area contributed by atoms with Gasteiger partial charge in [0.15, 0.2) is 0 Å². The van der Waals surface area contributed by atoms with E-state index in [9.17, 15) is 22.8 Å². The van der Waals surface area contributed by atoms with Crippen LogP contribution >= 0.6 is 0 Å². The second-order valence-electron chi connectivity index (χ2n) is 8.17. The summed E-state index contributed by atoms with van der Waals surface area (Å²) >= 11 is 0. The van der Waals surface area contributed by atoms with Crippen LogP contribution in [0.5, 0.6) is 0 Å². The molecule has 2 aromatic carbocycles. The van der Waals surface area contributed by atoms with E-state index in [0.717, 1.165) is 12.8 Å². The van der Waals surface area contributed by atoms with Gasteiger partial charge >= 0.3 is 18.1 Å². The van der Waals surface area contributed by atoms with Gasteiger partial charge in [0, 0.05) is 29.9 Å². The Labute approximate surface area is 203 Å². The predicted octanol–water partition coefficient (Wildman–Crippen LogP) is 4.44. The Morgan fingerprint density at radius 3 is 2.64 bits per heavy atom. The van der Waals surface area contributed by atoms with E-state index in [1.54, 1.807) is 23.1 Å². The van der Waals surface area contributed by atoms with Gasteiger partial charge in [-0.15, -0.1) is 0 Å². The molecule has 1 aromatic heterocycles. The van der Waals surface area contributed by atoms with Gasteiger partial charge in [-0.3, -0.25) is 4.79 Å². The van der Waals surface area contributed by atoms with Crippen molar-refractivity contribution >= 4 is 17.6 Å². The maximum Gasteiger partial charge on any atom is 0.471 e. The van der Waals surface area contributed by atoms with Crippen molar-refractivity contribution in [1.82, 2.24) is 20.4 Å². The van der Waals surface area contributed by atoms with Crippen molar-refractivity contribution in [3.63, 3.8) is 0 Å². The van der Waals surface area contributed by atoms with Crippen molar-refractivity contribution in [2.24, 2.45) is 0 Å². The molecule has 0 bridgehead atoms. The highest BCUT2D eigenvalue weighted by Crippen LogP contribution is 2.29. The van der Waals surface area contributed by atoms with E-state index in [1.807, 2.05) is 6.07 Å². The molecular weight excluding hydrogens is 477 g/mol. The lowest BCUT2D eigenvalue weighted by atomic mass is 10.0. The van der Waals surface area contributed by atoms with E-state index in [2.05, 4.69) is 25.3 Å². The number of rotatable bonds is 5. The standard InChI is InChI=1S/C24H21F3N6O3/c25-24(26,27)22-31-20(32-36-22)16-7-9-18(10-8-16)30-23(35)33-11-2-1-6-19(33)14-29-21(34)17-5-3-4-15(12-17)13-28/h3-5,7-10,12,19H,1-2,6,11,14H2,(H,29,34)(H,30,35). The Morgan fingerprint density at radius 1 is 1.17 bits per heavy atom. The number of carbonyl (C=O) groups is 2. The number of alkyl halides is 3. The van der Waals surface area contributed by atoms with Crippen molar-refractivity contribution in [3.8, 4) is 17.5 Å². The molecule has 0 radical (unpaired) electrons. The van der Waals surface area contributed by atoms with Crippen LogP contribution in [0.1, 0.15) is 41.1 Å². The molecule has 3 amide bonds. The van der Waals surface area contributed by atoms with Crippen LogP contribution in [-0.2, 0) is 6.18 Å². The number of nitrogens with one attached hydrogen (secondary N) is 2. The van der Waals surface area contributed by atoms with E-state index in [0.29, 0.717) is 35.3 Å². The molecule has 1 atom stereocenters. The van der Waals surface area contributed by atoms with Crippen LogP contribution in [0.25, 0.3) is 11.4 Å². The fourth-order valence-electron chi connectivity index (χ4n) is 3.88.